The van der Waals surface area contributed by atoms with Gasteiger partial charge in [-0.25, -0.2) is 0 Å². The summed E-state index contributed by atoms with van der Waals surface area (Å²) in [5.74, 6) is 0.761. The van der Waals surface area contributed by atoms with Crippen LogP contribution < -0.4 is 15.4 Å². The molecule has 1 aliphatic heterocycles. The maximum absolute atomic E-state index is 5.80. The average Bonchev–Trinajstić information content (AvgIpc) is 2.31. The molecule has 1 aromatic rings. The number of ether oxygens (including phenoxy) is 1. The van der Waals surface area contributed by atoms with E-state index in [2.05, 4.69) is 22.9 Å². The molecular formula is C12H21Cl2N3O. The second-order valence-electron chi connectivity index (χ2n) is 4.22. The molecule has 0 spiro atoms. The molecule has 0 unspecified atom stereocenters. The van der Waals surface area contributed by atoms with Gasteiger partial charge >= 0.3 is 0 Å². The lowest BCUT2D eigenvalue weighted by atomic mass is 10.2. The number of benzene rings is 1. The van der Waals surface area contributed by atoms with Crippen LogP contribution in [0.15, 0.2) is 18.2 Å². The molecule has 18 heavy (non-hydrogen) atoms. The van der Waals surface area contributed by atoms with Crippen molar-refractivity contribution in [2.75, 3.05) is 51.0 Å². The number of halogens is 2. The number of piperazine rings is 1. The van der Waals surface area contributed by atoms with Crippen molar-refractivity contribution in [3.05, 3.63) is 18.2 Å². The van der Waals surface area contributed by atoms with Gasteiger partial charge < -0.3 is 20.3 Å². The first kappa shape index (κ1) is 17.2. The van der Waals surface area contributed by atoms with E-state index in [4.69, 9.17) is 10.5 Å². The Morgan fingerprint density at radius 1 is 1.11 bits per heavy atom. The largest absolute Gasteiger partial charge is 0.495 e. The Hall–Kier alpha value is -0.840. The summed E-state index contributed by atoms with van der Waals surface area (Å²) in [6.07, 6.45) is 0. The zero-order valence-electron chi connectivity index (χ0n) is 10.8. The van der Waals surface area contributed by atoms with Crippen molar-refractivity contribution >= 4 is 36.2 Å². The fourth-order valence-electron chi connectivity index (χ4n) is 1.96. The van der Waals surface area contributed by atoms with Crippen LogP contribution in [0.4, 0.5) is 11.4 Å². The van der Waals surface area contributed by atoms with Gasteiger partial charge in [0.25, 0.3) is 0 Å². The molecule has 6 heteroatoms. The second-order valence-corrected chi connectivity index (χ2v) is 4.22. The Kier molecular flexibility index (Phi) is 7.21. The Bertz CT molecular complexity index is 368. The number of likely N-dealkylation sites (N-methyl/N-ethyl adjacent to an activating group) is 1. The zero-order chi connectivity index (χ0) is 11.5. The molecule has 1 aromatic carbocycles. The van der Waals surface area contributed by atoms with E-state index in [0.717, 1.165) is 31.9 Å². The molecule has 104 valence electrons. The van der Waals surface area contributed by atoms with E-state index in [1.54, 1.807) is 7.11 Å². The summed E-state index contributed by atoms with van der Waals surface area (Å²) in [6.45, 7) is 4.33. The summed E-state index contributed by atoms with van der Waals surface area (Å²) in [6, 6.07) is 5.98. The lowest BCUT2D eigenvalue weighted by molar-refractivity contribution is 0.312. The first-order valence-corrected chi connectivity index (χ1v) is 5.57. The first-order valence-electron chi connectivity index (χ1n) is 5.57. The van der Waals surface area contributed by atoms with Crippen molar-refractivity contribution < 1.29 is 4.74 Å². The molecule has 0 saturated carbocycles. The van der Waals surface area contributed by atoms with Crippen LogP contribution in [0.3, 0.4) is 0 Å². The molecule has 1 saturated heterocycles. The molecule has 1 fully saturated rings. The maximum Gasteiger partial charge on any atom is 0.143 e. The van der Waals surface area contributed by atoms with Gasteiger partial charge in [-0.1, -0.05) is 0 Å². The van der Waals surface area contributed by atoms with Gasteiger partial charge in [0.1, 0.15) is 5.75 Å². The number of anilines is 2. The molecule has 0 radical (unpaired) electrons. The van der Waals surface area contributed by atoms with Crippen molar-refractivity contribution in [2.45, 2.75) is 0 Å². The Balaban J connectivity index is 0.00000144. The van der Waals surface area contributed by atoms with Gasteiger partial charge in [0, 0.05) is 37.9 Å². The number of hydrogen-bond donors (Lipinski definition) is 1. The van der Waals surface area contributed by atoms with E-state index >= 15 is 0 Å². The molecule has 0 amide bonds. The fourth-order valence-corrected chi connectivity index (χ4v) is 1.96. The number of nitrogen functional groups attached to an aromatic ring is 1. The molecule has 1 heterocycles. The van der Waals surface area contributed by atoms with Crippen LogP contribution in [0.5, 0.6) is 5.75 Å². The summed E-state index contributed by atoms with van der Waals surface area (Å²) in [5.41, 5.74) is 7.69. The summed E-state index contributed by atoms with van der Waals surface area (Å²) < 4.78 is 5.24. The Labute approximate surface area is 121 Å². The average molecular weight is 294 g/mol. The zero-order valence-corrected chi connectivity index (χ0v) is 12.4. The van der Waals surface area contributed by atoms with E-state index in [1.807, 2.05) is 12.1 Å². The van der Waals surface area contributed by atoms with Gasteiger partial charge in [0.15, 0.2) is 0 Å². The second kappa shape index (κ2) is 7.56. The summed E-state index contributed by atoms with van der Waals surface area (Å²) >= 11 is 0. The minimum absolute atomic E-state index is 0. The highest BCUT2D eigenvalue weighted by atomic mass is 35.5. The van der Waals surface area contributed by atoms with Crippen LogP contribution in [0.25, 0.3) is 0 Å². The number of methoxy groups -OCH3 is 1. The highest BCUT2D eigenvalue weighted by Crippen LogP contribution is 2.27. The third-order valence-corrected chi connectivity index (χ3v) is 3.09. The number of hydrogen-bond acceptors (Lipinski definition) is 4. The van der Waals surface area contributed by atoms with Gasteiger partial charge in [0.05, 0.1) is 12.8 Å². The maximum atomic E-state index is 5.80. The molecule has 1 aliphatic rings. The molecule has 0 aromatic heterocycles. The van der Waals surface area contributed by atoms with Crippen molar-refractivity contribution in [3.8, 4) is 5.75 Å². The summed E-state index contributed by atoms with van der Waals surface area (Å²) in [7, 11) is 3.81. The van der Waals surface area contributed by atoms with Crippen LogP contribution in [-0.4, -0.2) is 45.2 Å². The molecule has 2 N–H and O–H groups in total. The first-order chi connectivity index (χ1) is 7.70. The molecule has 4 nitrogen and oxygen atoms in total. The Morgan fingerprint density at radius 3 is 2.28 bits per heavy atom. The normalized spacial score (nSPS) is 15.6. The van der Waals surface area contributed by atoms with Crippen LogP contribution in [0.1, 0.15) is 0 Å². The lowest BCUT2D eigenvalue weighted by Gasteiger charge is -2.34. The van der Waals surface area contributed by atoms with Crippen molar-refractivity contribution in [2.24, 2.45) is 0 Å². The highest BCUT2D eigenvalue weighted by molar-refractivity contribution is 5.85. The van der Waals surface area contributed by atoms with E-state index < -0.39 is 0 Å². The third kappa shape index (κ3) is 3.83. The number of nitrogens with zero attached hydrogens (tertiary/aromatic N) is 2. The van der Waals surface area contributed by atoms with Crippen molar-refractivity contribution in [1.82, 2.24) is 4.90 Å². The predicted molar refractivity (Wildman–Crippen MR) is 81.6 cm³/mol. The summed E-state index contributed by atoms with van der Waals surface area (Å²) in [4.78, 5) is 4.70. The van der Waals surface area contributed by atoms with Crippen LogP contribution in [0.2, 0.25) is 0 Å². The van der Waals surface area contributed by atoms with Gasteiger partial charge in [-0.3, -0.25) is 0 Å². The minimum atomic E-state index is 0. The van der Waals surface area contributed by atoms with E-state index in [9.17, 15) is 0 Å². The fraction of sp³-hybridized carbons (Fsp3) is 0.500. The molecule has 0 atom stereocenters. The van der Waals surface area contributed by atoms with Crippen molar-refractivity contribution in [1.29, 1.82) is 0 Å². The van der Waals surface area contributed by atoms with Crippen LogP contribution in [0, 0.1) is 0 Å². The van der Waals surface area contributed by atoms with Gasteiger partial charge in [0.2, 0.25) is 0 Å². The van der Waals surface area contributed by atoms with Crippen LogP contribution >= 0.6 is 24.8 Å². The molecule has 2 rings (SSSR count). The highest BCUT2D eigenvalue weighted by Gasteiger charge is 2.15. The molecular weight excluding hydrogens is 273 g/mol. The standard InChI is InChI=1S/C12H19N3O.2ClH/c1-14-5-7-15(8-6-14)10-3-4-11(13)12(9-10)16-2;;/h3-4,9H,5-8,13H2,1-2H3;2*1H. The SMILES string of the molecule is COc1cc(N2CCN(C)CC2)ccc1N.Cl.Cl. The predicted octanol–water partition coefficient (Wildman–Crippen LogP) is 1.87. The van der Waals surface area contributed by atoms with Gasteiger partial charge in [-0.05, 0) is 19.2 Å². The summed E-state index contributed by atoms with van der Waals surface area (Å²) in [5, 5.41) is 0. The number of rotatable bonds is 2. The number of nitrogens with two attached hydrogens (primary N) is 1. The topological polar surface area (TPSA) is 41.7 Å². The quantitative estimate of drug-likeness (QED) is 0.846. The van der Waals surface area contributed by atoms with Crippen molar-refractivity contribution in [3.63, 3.8) is 0 Å². The smallest absolute Gasteiger partial charge is 0.143 e. The van der Waals surface area contributed by atoms with Gasteiger partial charge in [-0.15, -0.1) is 24.8 Å². The molecule has 0 bridgehead atoms. The third-order valence-electron chi connectivity index (χ3n) is 3.09. The van der Waals surface area contributed by atoms with E-state index in [1.165, 1.54) is 5.69 Å². The van der Waals surface area contributed by atoms with E-state index in [0.29, 0.717) is 5.69 Å². The van der Waals surface area contributed by atoms with Gasteiger partial charge in [-0.2, -0.15) is 0 Å². The lowest BCUT2D eigenvalue weighted by Crippen LogP contribution is -2.44. The molecule has 0 aliphatic carbocycles. The van der Waals surface area contributed by atoms with E-state index in [-0.39, 0.29) is 24.8 Å². The Morgan fingerprint density at radius 2 is 1.72 bits per heavy atom. The monoisotopic (exact) mass is 293 g/mol. The van der Waals surface area contributed by atoms with Crippen LogP contribution in [-0.2, 0) is 0 Å². The minimum Gasteiger partial charge on any atom is -0.495 e.